The Bertz CT molecular complexity index is 642. The molecule has 3 nitrogen and oxygen atoms in total. The van der Waals surface area contributed by atoms with Gasteiger partial charge in [0, 0.05) is 5.57 Å². The molecule has 3 heteroatoms. The van der Waals surface area contributed by atoms with E-state index in [2.05, 4.69) is 0 Å². The second-order valence-electron chi connectivity index (χ2n) is 5.51. The van der Waals surface area contributed by atoms with Gasteiger partial charge in [0.25, 0.3) is 0 Å². The quantitative estimate of drug-likeness (QED) is 0.847. The van der Waals surface area contributed by atoms with E-state index < -0.39 is 0 Å². The highest BCUT2D eigenvalue weighted by atomic mass is 16.5. The number of benzene rings is 1. The van der Waals surface area contributed by atoms with Crippen LogP contribution in [-0.4, -0.2) is 17.0 Å². The molecule has 0 fully saturated rings. The molecule has 0 bridgehead atoms. The van der Waals surface area contributed by atoms with E-state index in [1.807, 2.05) is 58.0 Å². The summed E-state index contributed by atoms with van der Waals surface area (Å²) in [7, 11) is 0. The molecule has 21 heavy (non-hydrogen) atoms. The van der Waals surface area contributed by atoms with Gasteiger partial charge in [-0.1, -0.05) is 35.9 Å². The normalized spacial score (nSPS) is 15.4. The predicted octanol–water partition coefficient (Wildman–Crippen LogP) is 4.18. The average molecular weight is 284 g/mol. The van der Waals surface area contributed by atoms with Gasteiger partial charge in [0.1, 0.15) is 0 Å². The molecule has 1 aliphatic carbocycles. The first kappa shape index (κ1) is 15.1. The minimum absolute atomic E-state index is 0.00152. The number of ether oxygens (including phenoxy) is 1. The van der Waals surface area contributed by atoms with E-state index >= 15 is 0 Å². The number of rotatable bonds is 3. The molecule has 0 aromatic heterocycles. The highest BCUT2D eigenvalue weighted by molar-refractivity contribution is 6.32. The summed E-state index contributed by atoms with van der Waals surface area (Å²) in [5.74, 6) is 0.138. The van der Waals surface area contributed by atoms with Crippen molar-refractivity contribution in [1.82, 2.24) is 0 Å². The summed E-state index contributed by atoms with van der Waals surface area (Å²) in [6, 6.07) is 9.30. The van der Waals surface area contributed by atoms with Crippen LogP contribution in [0.3, 0.4) is 0 Å². The van der Waals surface area contributed by atoms with E-state index in [0.29, 0.717) is 11.1 Å². The SMILES string of the molecule is CC(C)=C1C=C(O)C(OC(C)C)=C(c2ccccc2)C1=O. The zero-order chi connectivity index (χ0) is 15.6. The van der Waals surface area contributed by atoms with Crippen LogP contribution in [0.5, 0.6) is 0 Å². The van der Waals surface area contributed by atoms with Crippen molar-refractivity contribution in [3.05, 3.63) is 64.6 Å². The van der Waals surface area contributed by atoms with Gasteiger partial charge in [-0.05, 0) is 39.3 Å². The van der Waals surface area contributed by atoms with Crippen LogP contribution >= 0.6 is 0 Å². The maximum atomic E-state index is 12.8. The zero-order valence-electron chi connectivity index (χ0n) is 12.8. The van der Waals surface area contributed by atoms with E-state index in [4.69, 9.17) is 4.74 Å². The van der Waals surface area contributed by atoms with Crippen molar-refractivity contribution in [2.24, 2.45) is 0 Å². The number of aliphatic hydroxyl groups is 1. The van der Waals surface area contributed by atoms with Gasteiger partial charge >= 0.3 is 0 Å². The van der Waals surface area contributed by atoms with Crippen LogP contribution in [0.1, 0.15) is 33.3 Å². The van der Waals surface area contributed by atoms with E-state index in [-0.39, 0.29) is 23.4 Å². The highest BCUT2D eigenvalue weighted by Gasteiger charge is 2.29. The van der Waals surface area contributed by atoms with Crippen molar-refractivity contribution in [2.45, 2.75) is 33.8 Å². The molecule has 0 saturated heterocycles. The van der Waals surface area contributed by atoms with Gasteiger partial charge in [-0.15, -0.1) is 0 Å². The van der Waals surface area contributed by atoms with E-state index in [1.54, 1.807) is 0 Å². The molecule has 1 aromatic carbocycles. The van der Waals surface area contributed by atoms with Gasteiger partial charge in [-0.25, -0.2) is 0 Å². The van der Waals surface area contributed by atoms with Gasteiger partial charge in [0.2, 0.25) is 0 Å². The number of hydrogen-bond donors (Lipinski definition) is 1. The number of aliphatic hydroxyl groups excluding tert-OH is 1. The smallest absolute Gasteiger partial charge is 0.197 e. The summed E-state index contributed by atoms with van der Waals surface area (Å²) in [5.41, 5.74) is 2.54. The molecule has 110 valence electrons. The number of carbonyl (C=O) groups is 1. The van der Waals surface area contributed by atoms with Crippen LogP contribution in [0.25, 0.3) is 5.57 Å². The molecule has 0 aliphatic heterocycles. The Kier molecular flexibility index (Phi) is 4.32. The third kappa shape index (κ3) is 3.07. The van der Waals surface area contributed by atoms with Gasteiger partial charge in [-0.3, -0.25) is 4.79 Å². The van der Waals surface area contributed by atoms with Crippen LogP contribution in [0.2, 0.25) is 0 Å². The van der Waals surface area contributed by atoms with Crippen molar-refractivity contribution in [3.63, 3.8) is 0 Å². The van der Waals surface area contributed by atoms with E-state index in [1.165, 1.54) is 6.08 Å². The number of ketones is 1. The van der Waals surface area contributed by atoms with Gasteiger partial charge < -0.3 is 9.84 Å². The summed E-state index contributed by atoms with van der Waals surface area (Å²) in [5, 5.41) is 10.3. The molecule has 1 aromatic rings. The first-order valence-corrected chi connectivity index (χ1v) is 7.01. The molecule has 0 saturated carbocycles. The van der Waals surface area contributed by atoms with E-state index in [0.717, 1.165) is 11.1 Å². The molecule has 0 unspecified atom stereocenters. The zero-order valence-corrected chi connectivity index (χ0v) is 12.8. The monoisotopic (exact) mass is 284 g/mol. The predicted molar refractivity (Wildman–Crippen MR) is 83.7 cm³/mol. The minimum Gasteiger partial charge on any atom is -0.504 e. The summed E-state index contributed by atoms with van der Waals surface area (Å²) in [4.78, 5) is 12.8. The van der Waals surface area contributed by atoms with Crippen molar-refractivity contribution >= 4 is 11.4 Å². The van der Waals surface area contributed by atoms with E-state index in [9.17, 15) is 9.90 Å². The maximum Gasteiger partial charge on any atom is 0.197 e. The molecular weight excluding hydrogens is 264 g/mol. The lowest BCUT2D eigenvalue weighted by atomic mass is 9.88. The fourth-order valence-corrected chi connectivity index (χ4v) is 2.23. The summed E-state index contributed by atoms with van der Waals surface area (Å²) < 4.78 is 5.69. The number of carbonyl (C=O) groups excluding carboxylic acids is 1. The fraction of sp³-hybridized carbons (Fsp3) is 0.278. The highest BCUT2D eigenvalue weighted by Crippen LogP contribution is 2.34. The topological polar surface area (TPSA) is 46.5 Å². The average Bonchev–Trinajstić information content (AvgIpc) is 2.43. The minimum atomic E-state index is -0.129. The lowest BCUT2D eigenvalue weighted by molar-refractivity contribution is -0.110. The van der Waals surface area contributed by atoms with Crippen molar-refractivity contribution in [2.75, 3.05) is 0 Å². The number of allylic oxidation sites excluding steroid dienone is 4. The molecule has 0 amide bonds. The van der Waals surface area contributed by atoms with Crippen molar-refractivity contribution in [1.29, 1.82) is 0 Å². The van der Waals surface area contributed by atoms with Gasteiger partial charge in [0.15, 0.2) is 17.3 Å². The molecule has 0 atom stereocenters. The third-order valence-electron chi connectivity index (χ3n) is 3.17. The Morgan fingerprint density at radius 2 is 1.76 bits per heavy atom. The Balaban J connectivity index is 2.67. The van der Waals surface area contributed by atoms with Crippen molar-refractivity contribution < 1.29 is 14.6 Å². The standard InChI is InChI=1S/C18H20O3/c1-11(2)14-10-15(19)18(21-12(3)4)16(17(14)20)13-8-6-5-7-9-13/h5-10,12,19H,1-4H3. The fourth-order valence-electron chi connectivity index (χ4n) is 2.23. The second kappa shape index (κ2) is 6.00. The maximum absolute atomic E-state index is 12.8. The van der Waals surface area contributed by atoms with Crippen molar-refractivity contribution in [3.8, 4) is 0 Å². The Morgan fingerprint density at radius 3 is 2.29 bits per heavy atom. The van der Waals surface area contributed by atoms with Crippen LogP contribution in [0.4, 0.5) is 0 Å². The van der Waals surface area contributed by atoms with Gasteiger partial charge in [0.05, 0.1) is 11.7 Å². The second-order valence-corrected chi connectivity index (χ2v) is 5.51. The Morgan fingerprint density at radius 1 is 1.14 bits per heavy atom. The van der Waals surface area contributed by atoms with Crippen LogP contribution in [0.15, 0.2) is 59.1 Å². The molecule has 2 rings (SSSR count). The molecule has 0 radical (unpaired) electrons. The molecular formula is C18H20O3. The Hall–Kier alpha value is -2.29. The largest absolute Gasteiger partial charge is 0.504 e. The molecule has 1 aliphatic rings. The van der Waals surface area contributed by atoms with Gasteiger partial charge in [-0.2, -0.15) is 0 Å². The number of hydrogen-bond acceptors (Lipinski definition) is 3. The van der Waals surface area contributed by atoms with Crippen LogP contribution in [0, 0.1) is 0 Å². The first-order valence-electron chi connectivity index (χ1n) is 7.01. The lowest BCUT2D eigenvalue weighted by Crippen LogP contribution is -2.18. The number of Topliss-reactive ketones (excluding diaryl/α,β-unsaturated/α-hetero) is 1. The molecule has 0 spiro atoms. The molecule has 1 N–H and O–H groups in total. The molecule has 0 heterocycles. The first-order chi connectivity index (χ1) is 9.91. The third-order valence-corrected chi connectivity index (χ3v) is 3.17. The lowest BCUT2D eigenvalue weighted by Gasteiger charge is -2.22. The van der Waals surface area contributed by atoms with Crippen LogP contribution < -0.4 is 0 Å². The Labute approximate surface area is 125 Å². The summed E-state index contributed by atoms with van der Waals surface area (Å²) >= 11 is 0. The van der Waals surface area contributed by atoms with Crippen LogP contribution in [-0.2, 0) is 9.53 Å². The summed E-state index contributed by atoms with van der Waals surface area (Å²) in [6.07, 6.45) is 1.36. The summed E-state index contributed by atoms with van der Waals surface area (Å²) in [6.45, 7) is 7.44.